The lowest BCUT2D eigenvalue weighted by molar-refractivity contribution is -0.131. The van der Waals surface area contributed by atoms with E-state index in [4.69, 9.17) is 4.99 Å². The van der Waals surface area contributed by atoms with Crippen molar-refractivity contribution >= 4 is 28.7 Å². The Labute approximate surface area is 214 Å². The van der Waals surface area contributed by atoms with Crippen LogP contribution in [0.1, 0.15) is 50.5 Å². The molecular formula is C29H30FN5O2. The lowest BCUT2D eigenvalue weighted by atomic mass is 9.97. The zero-order valence-electron chi connectivity index (χ0n) is 20.8. The van der Waals surface area contributed by atoms with Crippen molar-refractivity contribution in [3.8, 4) is 11.1 Å². The number of imidazole rings is 1. The van der Waals surface area contributed by atoms with Gasteiger partial charge < -0.3 is 9.88 Å². The zero-order valence-corrected chi connectivity index (χ0v) is 20.8. The van der Waals surface area contributed by atoms with Crippen LogP contribution in [0.25, 0.3) is 22.2 Å². The number of aromatic amines is 1. The first kappa shape index (κ1) is 22.6. The highest BCUT2D eigenvalue weighted by atomic mass is 19.1. The Morgan fingerprint density at radius 3 is 2.65 bits per heavy atom. The predicted molar refractivity (Wildman–Crippen MR) is 138 cm³/mol. The summed E-state index contributed by atoms with van der Waals surface area (Å²) in [6.45, 7) is 1.88. The number of likely N-dealkylation sites (tertiary alicyclic amines) is 1. The van der Waals surface area contributed by atoms with E-state index in [-0.39, 0.29) is 29.5 Å². The first-order valence-electron chi connectivity index (χ1n) is 13.4. The molecule has 2 saturated carbocycles. The van der Waals surface area contributed by atoms with E-state index >= 15 is 4.39 Å². The van der Waals surface area contributed by atoms with Crippen LogP contribution in [-0.2, 0) is 9.59 Å². The quantitative estimate of drug-likeness (QED) is 0.560. The number of halogens is 1. The average molecular weight is 500 g/mol. The molecule has 3 aromatic rings. The first-order chi connectivity index (χ1) is 18.0. The Bertz CT molecular complexity index is 1440. The number of fused-ring (bicyclic) bond motifs is 1. The number of H-pyrrole nitrogens is 1. The molecule has 1 atom stereocenters. The van der Waals surface area contributed by atoms with Crippen molar-refractivity contribution < 1.29 is 14.0 Å². The van der Waals surface area contributed by atoms with Crippen LogP contribution in [-0.4, -0.2) is 62.6 Å². The number of amides is 2. The van der Waals surface area contributed by atoms with Crippen LogP contribution >= 0.6 is 0 Å². The first-order valence-corrected chi connectivity index (χ1v) is 13.4. The number of carbonyl (C=O) groups is 2. The second-order valence-electron chi connectivity index (χ2n) is 11.1. The Morgan fingerprint density at radius 2 is 1.86 bits per heavy atom. The number of hydrogen-bond donors (Lipinski definition) is 1. The van der Waals surface area contributed by atoms with Crippen molar-refractivity contribution in [2.24, 2.45) is 16.8 Å². The van der Waals surface area contributed by atoms with Gasteiger partial charge in [-0.1, -0.05) is 25.0 Å². The van der Waals surface area contributed by atoms with E-state index in [9.17, 15) is 9.59 Å². The van der Waals surface area contributed by atoms with Gasteiger partial charge in [-0.15, -0.1) is 0 Å². The summed E-state index contributed by atoms with van der Waals surface area (Å²) in [5.41, 5.74) is 3.00. The highest BCUT2D eigenvalue weighted by Gasteiger charge is 2.51. The van der Waals surface area contributed by atoms with Crippen LogP contribution in [0.15, 0.2) is 47.7 Å². The number of hydrogen-bond acceptors (Lipinski definition) is 4. The minimum atomic E-state index is -0.756. The van der Waals surface area contributed by atoms with Crippen molar-refractivity contribution in [1.82, 2.24) is 19.8 Å². The Kier molecular flexibility index (Phi) is 5.20. The number of aliphatic imine (C=N–C) groups is 1. The van der Waals surface area contributed by atoms with Crippen molar-refractivity contribution in [3.63, 3.8) is 0 Å². The van der Waals surface area contributed by atoms with E-state index in [1.165, 1.54) is 6.07 Å². The van der Waals surface area contributed by atoms with Crippen LogP contribution in [0.4, 0.5) is 4.39 Å². The van der Waals surface area contributed by atoms with E-state index in [1.54, 1.807) is 17.3 Å². The van der Waals surface area contributed by atoms with Crippen LogP contribution < -0.4 is 0 Å². The highest BCUT2D eigenvalue weighted by Crippen LogP contribution is 2.41. The molecule has 2 aliphatic carbocycles. The zero-order chi connectivity index (χ0) is 25.1. The SMILES string of the molecule is O=C(C1CC1)N1CC[C@@H](CN2C(=O)C3(CCCC3)N=C2c2ccc(-c3ccc4[nH]cnc4c3)cc2F)C1. The number of carbonyl (C=O) groups excluding carboxylic acids is 2. The molecule has 2 amide bonds. The van der Waals surface area contributed by atoms with Crippen LogP contribution in [0, 0.1) is 17.7 Å². The topological polar surface area (TPSA) is 81.7 Å². The van der Waals surface area contributed by atoms with Gasteiger partial charge in [0.05, 0.1) is 22.9 Å². The molecule has 0 unspecified atom stereocenters. The molecule has 8 heteroatoms. The van der Waals surface area contributed by atoms with Gasteiger partial charge >= 0.3 is 0 Å². The molecule has 2 aliphatic heterocycles. The second kappa shape index (κ2) is 8.50. The van der Waals surface area contributed by atoms with E-state index < -0.39 is 5.54 Å². The minimum absolute atomic E-state index is 0.000528. The maximum atomic E-state index is 15.7. The number of aromatic nitrogens is 2. The van der Waals surface area contributed by atoms with Gasteiger partial charge in [-0.2, -0.15) is 0 Å². The van der Waals surface area contributed by atoms with Crippen molar-refractivity contribution in [3.05, 3.63) is 54.1 Å². The number of rotatable bonds is 5. The van der Waals surface area contributed by atoms with Gasteiger partial charge in [0.15, 0.2) is 0 Å². The standard InChI is InChI=1S/C29H30FN5O2/c30-23-13-20(21-6-8-24-25(14-21)32-17-31-24)5-7-22(23)26-33-29(10-1-2-11-29)28(37)35(26)16-18-9-12-34(15-18)27(36)19-3-4-19/h5-8,13-14,17-19H,1-4,9-12,15-16H2,(H,31,32)/t18-/m1/s1. The smallest absolute Gasteiger partial charge is 0.256 e. The third-order valence-electron chi connectivity index (χ3n) is 8.58. The van der Waals surface area contributed by atoms with Crippen molar-refractivity contribution in [2.75, 3.05) is 19.6 Å². The fraction of sp³-hybridized carbons (Fsp3) is 0.448. The summed E-state index contributed by atoms with van der Waals surface area (Å²) in [6.07, 6.45) is 7.84. The fourth-order valence-electron chi connectivity index (χ4n) is 6.33. The van der Waals surface area contributed by atoms with Crippen molar-refractivity contribution in [2.45, 2.75) is 50.5 Å². The van der Waals surface area contributed by atoms with Gasteiger partial charge in [0, 0.05) is 25.6 Å². The number of benzene rings is 2. The highest BCUT2D eigenvalue weighted by molar-refractivity contribution is 6.15. The maximum absolute atomic E-state index is 15.7. The monoisotopic (exact) mass is 499 g/mol. The Hall–Kier alpha value is -3.55. The fourth-order valence-corrected chi connectivity index (χ4v) is 6.33. The predicted octanol–water partition coefficient (Wildman–Crippen LogP) is 4.53. The normalized spacial score (nSPS) is 23.0. The van der Waals surface area contributed by atoms with Crippen LogP contribution in [0.5, 0.6) is 0 Å². The molecule has 190 valence electrons. The lowest BCUT2D eigenvalue weighted by Crippen LogP contribution is -2.44. The van der Waals surface area contributed by atoms with Crippen LogP contribution in [0.3, 0.4) is 0 Å². The van der Waals surface area contributed by atoms with E-state index in [2.05, 4.69) is 9.97 Å². The molecule has 1 spiro atoms. The van der Waals surface area contributed by atoms with Gasteiger partial charge in [0.25, 0.3) is 5.91 Å². The summed E-state index contributed by atoms with van der Waals surface area (Å²) in [6, 6.07) is 11.0. The van der Waals surface area contributed by atoms with E-state index in [0.717, 1.165) is 60.8 Å². The molecule has 4 aliphatic rings. The third kappa shape index (κ3) is 3.85. The summed E-state index contributed by atoms with van der Waals surface area (Å²) < 4.78 is 15.7. The molecule has 1 aromatic heterocycles. The number of nitrogens with zero attached hydrogens (tertiary/aromatic N) is 4. The molecule has 0 radical (unpaired) electrons. The molecule has 1 saturated heterocycles. The van der Waals surface area contributed by atoms with Gasteiger partial charge in [-0.3, -0.25) is 19.5 Å². The van der Waals surface area contributed by atoms with Crippen molar-refractivity contribution in [1.29, 1.82) is 0 Å². The third-order valence-corrected chi connectivity index (χ3v) is 8.58. The summed E-state index contributed by atoms with van der Waals surface area (Å²) >= 11 is 0. The molecular weight excluding hydrogens is 469 g/mol. The number of amidine groups is 1. The average Bonchev–Trinajstić information content (AvgIpc) is 3.25. The molecule has 0 bridgehead atoms. The summed E-state index contributed by atoms with van der Waals surface area (Å²) in [5.74, 6) is 0.697. The lowest BCUT2D eigenvalue weighted by Gasteiger charge is -2.25. The summed E-state index contributed by atoms with van der Waals surface area (Å²) in [4.78, 5) is 42.3. The maximum Gasteiger partial charge on any atom is 0.256 e. The Morgan fingerprint density at radius 1 is 1.08 bits per heavy atom. The van der Waals surface area contributed by atoms with Gasteiger partial charge in [-0.25, -0.2) is 9.37 Å². The van der Waals surface area contributed by atoms with Gasteiger partial charge in [0.2, 0.25) is 5.91 Å². The van der Waals surface area contributed by atoms with E-state index in [1.807, 2.05) is 29.2 Å². The molecule has 3 fully saturated rings. The summed E-state index contributed by atoms with van der Waals surface area (Å²) in [5, 5.41) is 0. The molecule has 1 N–H and O–H groups in total. The van der Waals surface area contributed by atoms with Gasteiger partial charge in [-0.05, 0) is 73.4 Å². The Balaban J connectivity index is 1.18. The molecule has 7 rings (SSSR count). The second-order valence-corrected chi connectivity index (χ2v) is 11.1. The molecule has 7 nitrogen and oxygen atoms in total. The molecule has 37 heavy (non-hydrogen) atoms. The minimum Gasteiger partial charge on any atom is -0.345 e. The largest absolute Gasteiger partial charge is 0.345 e. The van der Waals surface area contributed by atoms with Crippen LogP contribution in [0.2, 0.25) is 0 Å². The van der Waals surface area contributed by atoms with Gasteiger partial charge in [0.1, 0.15) is 17.2 Å². The summed E-state index contributed by atoms with van der Waals surface area (Å²) in [7, 11) is 0. The molecule has 3 heterocycles. The number of nitrogens with one attached hydrogen (secondary N) is 1. The molecule has 2 aromatic carbocycles. The van der Waals surface area contributed by atoms with E-state index in [0.29, 0.717) is 37.3 Å².